The van der Waals surface area contributed by atoms with Gasteiger partial charge in [-0.25, -0.2) is 29.9 Å². The molecule has 1 aliphatic rings. The third kappa shape index (κ3) is 6.71. The fraction of sp³-hybridized carbons (Fsp3) is 0. The van der Waals surface area contributed by atoms with Crippen molar-refractivity contribution in [1.82, 2.24) is 44.9 Å². The van der Waals surface area contributed by atoms with Crippen LogP contribution in [0.2, 0.25) is 0 Å². The van der Waals surface area contributed by atoms with E-state index < -0.39 is 0 Å². The minimum atomic E-state index is 0.540. The van der Waals surface area contributed by atoms with Crippen LogP contribution in [0, 0.1) is 0 Å². The maximum Gasteiger partial charge on any atom is 0.203 e. The molecule has 0 radical (unpaired) electrons. The molecule has 6 aromatic rings. The van der Waals surface area contributed by atoms with Crippen molar-refractivity contribution in [2.45, 2.75) is 30.9 Å². The van der Waals surface area contributed by atoms with Gasteiger partial charge in [-0.3, -0.25) is 0 Å². The number of benzene rings is 3. The lowest BCUT2D eigenvalue weighted by Gasteiger charge is -2.07. The lowest BCUT2D eigenvalue weighted by atomic mass is 10.2. The Kier molecular flexibility index (Phi) is 8.53. The maximum atomic E-state index is 4.74. The minimum Gasteiger partial charge on any atom is -0.202 e. The van der Waals surface area contributed by atoms with Crippen LogP contribution in [-0.2, 0) is 0 Å². The van der Waals surface area contributed by atoms with Gasteiger partial charge in [-0.05, 0) is 64.8 Å². The summed E-state index contributed by atoms with van der Waals surface area (Å²) in [6.07, 6.45) is 0. The molecule has 0 fully saturated rings. The highest BCUT2D eigenvalue weighted by Gasteiger charge is 2.18. The number of rotatable bonds is 3. The normalized spacial score (nSPS) is 13.1. The first-order chi connectivity index (χ1) is 20.7. The Bertz CT molecular complexity index is 1570. The van der Waals surface area contributed by atoms with Crippen molar-refractivity contribution in [3.05, 3.63) is 91.0 Å². The largest absolute Gasteiger partial charge is 0.203 e. The van der Waals surface area contributed by atoms with Crippen LogP contribution in [0.3, 0.4) is 0 Å². The van der Waals surface area contributed by atoms with Gasteiger partial charge in [0.05, 0.1) is 0 Å². The standard InChI is InChI=1S/C27H15N9S6/c1-4-10-16(11-5-1)19-28-22-34-23(29-19)38-40-25-31-21(18-14-8-3-9-15-18)33-27(36-25)42-41-26-32-20(17-12-6-2-7-13-17)30-24(35-26)39-37-22/h1-15H. The Morgan fingerprint density at radius 1 is 0.262 bits per heavy atom. The van der Waals surface area contributed by atoms with Gasteiger partial charge in [-0.1, -0.05) is 91.0 Å². The van der Waals surface area contributed by atoms with Crippen LogP contribution in [-0.4, -0.2) is 44.9 Å². The van der Waals surface area contributed by atoms with E-state index in [1.807, 2.05) is 91.0 Å². The molecule has 15 heteroatoms. The molecule has 6 bridgehead atoms. The molecular weight excluding hydrogens is 643 g/mol. The van der Waals surface area contributed by atoms with E-state index in [9.17, 15) is 0 Å². The van der Waals surface area contributed by atoms with Crippen LogP contribution in [0.5, 0.6) is 0 Å². The average molecular weight is 658 g/mol. The monoisotopic (exact) mass is 657 g/mol. The minimum absolute atomic E-state index is 0.540. The van der Waals surface area contributed by atoms with E-state index in [4.69, 9.17) is 44.9 Å². The van der Waals surface area contributed by atoms with Crippen LogP contribution in [0.25, 0.3) is 34.2 Å². The fourth-order valence-corrected chi connectivity index (χ4v) is 8.40. The number of aromatic nitrogens is 9. The van der Waals surface area contributed by atoms with E-state index in [-0.39, 0.29) is 0 Å². The lowest BCUT2D eigenvalue weighted by Crippen LogP contribution is -1.98. The summed E-state index contributed by atoms with van der Waals surface area (Å²) in [4.78, 5) is 42.6. The van der Waals surface area contributed by atoms with E-state index in [1.165, 1.54) is 64.8 Å². The van der Waals surface area contributed by atoms with Crippen LogP contribution in [0.4, 0.5) is 0 Å². The van der Waals surface area contributed by atoms with E-state index >= 15 is 0 Å². The zero-order valence-corrected chi connectivity index (χ0v) is 26.0. The Balaban J connectivity index is 1.33. The number of nitrogens with zero attached hydrogens (tertiary/aromatic N) is 9. The van der Waals surface area contributed by atoms with Crippen molar-refractivity contribution < 1.29 is 0 Å². The van der Waals surface area contributed by atoms with Crippen molar-refractivity contribution in [2.24, 2.45) is 0 Å². The third-order valence-corrected chi connectivity index (χ3v) is 11.1. The summed E-state index contributed by atoms with van der Waals surface area (Å²) in [7, 11) is 8.25. The second-order valence-electron chi connectivity index (χ2n) is 8.27. The van der Waals surface area contributed by atoms with Gasteiger partial charge >= 0.3 is 0 Å². The quantitative estimate of drug-likeness (QED) is 0.171. The Hall–Kier alpha value is -3.21. The molecule has 0 aliphatic carbocycles. The topological polar surface area (TPSA) is 116 Å². The third-order valence-electron chi connectivity index (χ3n) is 5.45. The van der Waals surface area contributed by atoms with Gasteiger partial charge in [0, 0.05) is 16.7 Å². The number of hydrogen-bond donors (Lipinski definition) is 0. The molecule has 0 unspecified atom stereocenters. The molecule has 3 aromatic carbocycles. The van der Waals surface area contributed by atoms with Gasteiger partial charge in [-0.15, -0.1) is 0 Å². The van der Waals surface area contributed by atoms with E-state index in [2.05, 4.69) is 0 Å². The van der Waals surface area contributed by atoms with Gasteiger partial charge in [0.25, 0.3) is 0 Å². The van der Waals surface area contributed by atoms with Gasteiger partial charge in [0.15, 0.2) is 17.5 Å². The second-order valence-corrected chi connectivity index (χ2v) is 14.5. The zero-order valence-electron chi connectivity index (χ0n) is 21.1. The molecule has 204 valence electrons. The Morgan fingerprint density at radius 2 is 0.476 bits per heavy atom. The molecule has 1 aliphatic heterocycles. The molecule has 0 N–H and O–H groups in total. The van der Waals surface area contributed by atoms with Crippen molar-refractivity contribution in [3.8, 4) is 34.2 Å². The molecule has 9 nitrogen and oxygen atoms in total. The summed E-state index contributed by atoms with van der Waals surface area (Å²) in [5, 5.41) is 3.24. The van der Waals surface area contributed by atoms with Crippen LogP contribution >= 0.6 is 64.8 Å². The predicted octanol–water partition coefficient (Wildman–Crippen LogP) is 7.95. The summed E-state index contributed by atoms with van der Waals surface area (Å²) in [5.74, 6) is 1.74. The van der Waals surface area contributed by atoms with Crippen LogP contribution in [0.15, 0.2) is 122 Å². The summed E-state index contributed by atoms with van der Waals surface area (Å²) >= 11 is 0. The summed E-state index contributed by atoms with van der Waals surface area (Å²) < 4.78 is 0. The second kappa shape index (κ2) is 13.0. The maximum absolute atomic E-state index is 4.74. The van der Waals surface area contributed by atoms with Crippen molar-refractivity contribution in [3.63, 3.8) is 0 Å². The lowest BCUT2D eigenvalue weighted by molar-refractivity contribution is 0.811. The first-order valence-electron chi connectivity index (χ1n) is 12.2. The smallest absolute Gasteiger partial charge is 0.202 e. The molecule has 0 spiro atoms. The molecular formula is C27H15N9S6. The average Bonchev–Trinajstić information content (AvgIpc) is 3.06. The molecule has 3 aromatic heterocycles. The van der Waals surface area contributed by atoms with Gasteiger partial charge < -0.3 is 0 Å². The van der Waals surface area contributed by atoms with Crippen LogP contribution in [0.1, 0.15) is 0 Å². The molecule has 7 rings (SSSR count). The van der Waals surface area contributed by atoms with Gasteiger partial charge in [-0.2, -0.15) is 15.0 Å². The first kappa shape index (κ1) is 27.6. The molecule has 4 heterocycles. The summed E-state index contributed by atoms with van der Waals surface area (Å²) in [6.45, 7) is 0. The molecule has 0 saturated carbocycles. The van der Waals surface area contributed by atoms with Crippen molar-refractivity contribution >= 4 is 64.8 Å². The fourth-order valence-electron chi connectivity index (χ4n) is 3.61. The van der Waals surface area contributed by atoms with Crippen molar-refractivity contribution in [1.29, 1.82) is 0 Å². The van der Waals surface area contributed by atoms with E-state index in [0.29, 0.717) is 48.4 Å². The molecule has 0 saturated heterocycles. The molecule has 42 heavy (non-hydrogen) atoms. The highest BCUT2D eigenvalue weighted by molar-refractivity contribution is 8.77. The van der Waals surface area contributed by atoms with E-state index in [0.717, 1.165) is 16.7 Å². The van der Waals surface area contributed by atoms with Crippen molar-refractivity contribution in [2.75, 3.05) is 0 Å². The Labute approximate surface area is 264 Å². The highest BCUT2D eigenvalue weighted by Crippen LogP contribution is 2.42. The summed E-state index contributed by atoms with van der Waals surface area (Å²) in [5.41, 5.74) is 2.69. The van der Waals surface area contributed by atoms with Crippen LogP contribution < -0.4 is 0 Å². The number of fused-ring (bicyclic) bond motifs is 6. The highest BCUT2D eigenvalue weighted by atomic mass is 33.1. The number of hydrogen-bond acceptors (Lipinski definition) is 15. The van der Waals surface area contributed by atoms with E-state index in [1.54, 1.807) is 0 Å². The Morgan fingerprint density at radius 3 is 0.690 bits per heavy atom. The zero-order chi connectivity index (χ0) is 28.1. The summed E-state index contributed by atoms with van der Waals surface area (Å²) in [6, 6.07) is 29.5. The SMILES string of the molecule is c1ccc(-c2nc3nc(n2)SSc2nc(nc(-c4ccccc4)n2)SSc2nc(nc(-c4ccccc4)n2)SS3)cc1. The van der Waals surface area contributed by atoms with Gasteiger partial charge in [0.2, 0.25) is 30.9 Å². The molecule has 0 atom stereocenters. The van der Waals surface area contributed by atoms with Gasteiger partial charge in [0.1, 0.15) is 0 Å². The first-order valence-corrected chi connectivity index (χ1v) is 18.7. The molecule has 0 amide bonds. The predicted molar refractivity (Wildman–Crippen MR) is 171 cm³/mol.